The number of ether oxygens (including phenoxy) is 4. The number of aliphatic hydroxyl groups excluding tert-OH is 8. The van der Waals surface area contributed by atoms with Crippen LogP contribution in [0.2, 0.25) is 0 Å². The zero-order valence-electron chi connectivity index (χ0n) is 39.3. The van der Waals surface area contributed by atoms with Gasteiger partial charge in [0, 0.05) is 6.42 Å². The molecule has 9 N–H and O–H groups in total. The largest absolute Gasteiger partial charge is 0.394 e. The van der Waals surface area contributed by atoms with Gasteiger partial charge in [0.25, 0.3) is 0 Å². The third-order valence-corrected chi connectivity index (χ3v) is 12.0. The van der Waals surface area contributed by atoms with E-state index in [-0.39, 0.29) is 18.9 Å². The van der Waals surface area contributed by atoms with E-state index in [9.17, 15) is 45.6 Å². The SMILES string of the molecule is CCCCC/C=C/CC/C=C/CC/C=C/C(O)C(COC1OC(CO)C(OC2OC(CO)C(O)C(O)C2O)C(O)C1O)NC(=O)CCCCCCCCC/C=C\CCCCCCCC. The van der Waals surface area contributed by atoms with Gasteiger partial charge in [-0.3, -0.25) is 4.79 Å². The number of hydrogen-bond donors (Lipinski definition) is 9. The van der Waals surface area contributed by atoms with E-state index in [0.717, 1.165) is 51.4 Å². The van der Waals surface area contributed by atoms with Crippen LogP contribution >= 0.6 is 0 Å². The Balaban J connectivity index is 1.88. The number of carbonyl (C=O) groups excluding carboxylic acids is 1. The molecule has 64 heavy (non-hydrogen) atoms. The number of unbranched alkanes of at least 4 members (excludes halogenated alkanes) is 18. The van der Waals surface area contributed by atoms with Crippen LogP contribution < -0.4 is 5.32 Å². The van der Waals surface area contributed by atoms with Crippen LogP contribution in [-0.4, -0.2) is 140 Å². The van der Waals surface area contributed by atoms with Crippen LogP contribution in [0.25, 0.3) is 0 Å². The summed E-state index contributed by atoms with van der Waals surface area (Å²) in [6, 6.07) is -0.938. The standard InChI is InChI=1S/C50H89NO13/c1-3-5-7-9-11-13-15-17-18-19-20-22-24-26-28-30-32-34-42(55)51-38(39(54)33-31-29-27-25-23-21-16-14-12-10-8-6-4-2)37-61-49-47(60)45(58)48(41(36-53)63-49)64-50-46(59)44(57)43(56)40(35-52)62-50/h12,14,17-18,23,25,31,33,38-41,43-50,52-54,56-60H,3-11,13,15-16,19-22,24,26-30,32,34-37H2,1-2H3,(H,51,55)/b14-12+,18-17-,25-23+,33-31+. The first-order valence-electron chi connectivity index (χ1n) is 24.9. The number of amides is 1. The summed E-state index contributed by atoms with van der Waals surface area (Å²) in [5.74, 6) is -0.262. The van der Waals surface area contributed by atoms with Crippen molar-refractivity contribution in [3.8, 4) is 0 Å². The van der Waals surface area contributed by atoms with E-state index < -0.39 is 86.8 Å². The van der Waals surface area contributed by atoms with Gasteiger partial charge < -0.3 is 65.1 Å². The molecule has 2 aliphatic heterocycles. The second-order valence-corrected chi connectivity index (χ2v) is 17.6. The van der Waals surface area contributed by atoms with Crippen molar-refractivity contribution in [3.63, 3.8) is 0 Å². The van der Waals surface area contributed by atoms with Gasteiger partial charge >= 0.3 is 0 Å². The lowest BCUT2D eigenvalue weighted by molar-refractivity contribution is -0.359. The lowest BCUT2D eigenvalue weighted by Gasteiger charge is -2.46. The summed E-state index contributed by atoms with van der Waals surface area (Å²) < 4.78 is 22.6. The summed E-state index contributed by atoms with van der Waals surface area (Å²) in [6.45, 7) is 2.70. The summed E-state index contributed by atoms with van der Waals surface area (Å²) in [5.41, 5.74) is 0. The van der Waals surface area contributed by atoms with Crippen molar-refractivity contribution in [2.24, 2.45) is 0 Å². The highest BCUT2D eigenvalue weighted by atomic mass is 16.7. The molecule has 0 bridgehead atoms. The van der Waals surface area contributed by atoms with E-state index in [1.54, 1.807) is 6.08 Å². The predicted octanol–water partition coefficient (Wildman–Crippen LogP) is 6.10. The second-order valence-electron chi connectivity index (χ2n) is 17.6. The van der Waals surface area contributed by atoms with Crippen molar-refractivity contribution in [1.82, 2.24) is 5.32 Å². The molecule has 12 unspecified atom stereocenters. The highest BCUT2D eigenvalue weighted by Crippen LogP contribution is 2.30. The number of carbonyl (C=O) groups is 1. The van der Waals surface area contributed by atoms with Crippen LogP contribution in [0.3, 0.4) is 0 Å². The Labute approximate surface area is 384 Å². The van der Waals surface area contributed by atoms with Crippen LogP contribution in [0.1, 0.15) is 168 Å². The maximum absolute atomic E-state index is 13.1. The van der Waals surface area contributed by atoms with Crippen molar-refractivity contribution in [3.05, 3.63) is 48.6 Å². The molecule has 0 aromatic rings. The van der Waals surface area contributed by atoms with Gasteiger partial charge in [-0.2, -0.15) is 0 Å². The number of nitrogens with one attached hydrogen (secondary N) is 1. The molecule has 0 aliphatic carbocycles. The zero-order valence-corrected chi connectivity index (χ0v) is 39.3. The Morgan fingerprint density at radius 3 is 1.56 bits per heavy atom. The van der Waals surface area contributed by atoms with E-state index in [4.69, 9.17) is 18.9 Å². The van der Waals surface area contributed by atoms with Crippen LogP contribution in [0.15, 0.2) is 48.6 Å². The highest BCUT2D eigenvalue weighted by Gasteiger charge is 2.51. The lowest BCUT2D eigenvalue weighted by Crippen LogP contribution is -2.65. The smallest absolute Gasteiger partial charge is 0.220 e. The van der Waals surface area contributed by atoms with E-state index in [1.807, 2.05) is 6.08 Å². The van der Waals surface area contributed by atoms with Gasteiger partial charge in [0.1, 0.15) is 48.8 Å². The normalized spacial score (nSPS) is 27.7. The molecule has 0 radical (unpaired) electrons. The number of rotatable bonds is 37. The summed E-state index contributed by atoms with van der Waals surface area (Å²) in [6.07, 6.45) is 25.8. The molecule has 0 aromatic heterocycles. The molecular weight excluding hydrogens is 823 g/mol. The number of allylic oxidation sites excluding steroid dienone is 7. The lowest BCUT2D eigenvalue weighted by atomic mass is 9.97. The monoisotopic (exact) mass is 912 g/mol. The molecule has 0 spiro atoms. The van der Waals surface area contributed by atoms with E-state index in [0.29, 0.717) is 12.8 Å². The Kier molecular flexibility index (Phi) is 33.6. The molecule has 372 valence electrons. The van der Waals surface area contributed by atoms with Gasteiger partial charge in [0.2, 0.25) is 5.91 Å². The van der Waals surface area contributed by atoms with Gasteiger partial charge in [-0.25, -0.2) is 0 Å². The number of aliphatic hydroxyl groups is 8. The molecule has 1 amide bonds. The highest BCUT2D eigenvalue weighted by molar-refractivity contribution is 5.76. The van der Waals surface area contributed by atoms with Crippen LogP contribution in [0.4, 0.5) is 0 Å². The minimum atomic E-state index is -1.79. The molecule has 2 aliphatic rings. The maximum Gasteiger partial charge on any atom is 0.220 e. The molecule has 2 fully saturated rings. The van der Waals surface area contributed by atoms with Crippen molar-refractivity contribution in [2.75, 3.05) is 19.8 Å². The topological polar surface area (TPSA) is 228 Å². The third-order valence-electron chi connectivity index (χ3n) is 12.0. The van der Waals surface area contributed by atoms with Crippen LogP contribution in [0.5, 0.6) is 0 Å². The van der Waals surface area contributed by atoms with Gasteiger partial charge in [0.15, 0.2) is 12.6 Å². The first kappa shape index (κ1) is 58.1. The van der Waals surface area contributed by atoms with Crippen molar-refractivity contribution < 1.29 is 64.6 Å². The minimum absolute atomic E-state index is 0.262. The quantitative estimate of drug-likeness (QED) is 0.0254. The van der Waals surface area contributed by atoms with Crippen molar-refractivity contribution in [2.45, 2.75) is 242 Å². The summed E-state index contributed by atoms with van der Waals surface area (Å²) in [7, 11) is 0. The average Bonchev–Trinajstić information content (AvgIpc) is 3.29. The van der Waals surface area contributed by atoms with Crippen molar-refractivity contribution in [1.29, 1.82) is 0 Å². The first-order valence-corrected chi connectivity index (χ1v) is 24.9. The fourth-order valence-corrected chi connectivity index (χ4v) is 7.84. The molecule has 14 heteroatoms. The zero-order chi connectivity index (χ0) is 46.8. The van der Waals surface area contributed by atoms with Crippen LogP contribution in [0, 0.1) is 0 Å². The Bertz CT molecular complexity index is 1260. The summed E-state index contributed by atoms with van der Waals surface area (Å²) >= 11 is 0. The van der Waals surface area contributed by atoms with Crippen LogP contribution in [-0.2, 0) is 23.7 Å². The van der Waals surface area contributed by atoms with E-state index >= 15 is 0 Å². The molecule has 2 rings (SSSR count). The maximum atomic E-state index is 13.1. The van der Waals surface area contributed by atoms with Gasteiger partial charge in [-0.15, -0.1) is 0 Å². The summed E-state index contributed by atoms with van der Waals surface area (Å²) in [5, 5.41) is 86.6. The number of hydrogen-bond acceptors (Lipinski definition) is 13. The predicted molar refractivity (Wildman–Crippen MR) is 249 cm³/mol. The Morgan fingerprint density at radius 2 is 1.00 bits per heavy atom. The second kappa shape index (κ2) is 37.0. The molecular formula is C50H89NO13. The minimum Gasteiger partial charge on any atom is -0.394 e. The molecule has 2 heterocycles. The summed E-state index contributed by atoms with van der Waals surface area (Å²) in [4.78, 5) is 13.1. The third kappa shape index (κ3) is 24.1. The Hall–Kier alpha value is -2.05. The molecule has 0 saturated carbocycles. The van der Waals surface area contributed by atoms with Crippen molar-refractivity contribution >= 4 is 5.91 Å². The molecule has 2 saturated heterocycles. The first-order chi connectivity index (χ1) is 31.1. The fraction of sp³-hybridized carbons (Fsp3) is 0.820. The molecule has 14 nitrogen and oxygen atoms in total. The average molecular weight is 912 g/mol. The van der Waals surface area contributed by atoms with E-state index in [1.165, 1.54) is 83.5 Å². The Morgan fingerprint density at radius 1 is 0.547 bits per heavy atom. The molecule has 0 aromatic carbocycles. The van der Waals surface area contributed by atoms with Gasteiger partial charge in [-0.1, -0.05) is 140 Å². The van der Waals surface area contributed by atoms with E-state index in [2.05, 4.69) is 55.6 Å². The van der Waals surface area contributed by atoms with Gasteiger partial charge in [-0.05, 0) is 70.6 Å². The molecule has 12 atom stereocenters. The van der Waals surface area contributed by atoms with Gasteiger partial charge in [0.05, 0.1) is 32.0 Å². The fourth-order valence-electron chi connectivity index (χ4n) is 7.84.